The molecule has 2 saturated carbocycles. The van der Waals surface area contributed by atoms with Crippen molar-refractivity contribution < 1.29 is 61.9 Å². The van der Waals surface area contributed by atoms with Gasteiger partial charge in [-0.3, -0.25) is 24.0 Å². The lowest BCUT2D eigenvalue weighted by Crippen LogP contribution is -2.63. The zero-order valence-electron chi connectivity index (χ0n) is 31.7. The number of ether oxygens (including phenoxy) is 8. The molecule has 13 nitrogen and oxygen atoms in total. The molecule has 2 aromatic rings. The SMILES string of the molecule is CC(=O)OC[C@H]1O[C@@H](Oc2cc3c(cc2OCc2ccccc2)CCC2C3CC[C@@]3(C)C2CC[C@@H]3OC(C)=O)[C@H](OC(C)=O)[C@@H](OC(C)=O)[C@@H]1OC(C)=O. The molecule has 3 aliphatic carbocycles. The van der Waals surface area contributed by atoms with E-state index in [0.717, 1.165) is 55.2 Å². The van der Waals surface area contributed by atoms with Crippen LogP contribution in [0.1, 0.15) is 96.3 Å². The van der Waals surface area contributed by atoms with E-state index in [9.17, 15) is 24.0 Å². The van der Waals surface area contributed by atoms with Crippen LogP contribution in [0.2, 0.25) is 0 Å². The van der Waals surface area contributed by atoms with Crippen molar-refractivity contribution in [2.24, 2.45) is 17.3 Å². The van der Waals surface area contributed by atoms with E-state index in [1.807, 2.05) is 42.5 Å². The van der Waals surface area contributed by atoms with Gasteiger partial charge >= 0.3 is 29.8 Å². The molecule has 292 valence electrons. The first-order valence-electron chi connectivity index (χ1n) is 18.7. The molecule has 0 N–H and O–H groups in total. The summed E-state index contributed by atoms with van der Waals surface area (Å²) >= 11 is 0. The number of esters is 5. The minimum atomic E-state index is -1.42. The molecule has 1 aliphatic heterocycles. The van der Waals surface area contributed by atoms with E-state index >= 15 is 0 Å². The molecule has 6 rings (SSSR count). The molecular weight excluding hydrogens is 700 g/mol. The lowest BCUT2D eigenvalue weighted by Gasteiger charge is -2.50. The number of rotatable bonds is 11. The zero-order chi connectivity index (χ0) is 38.7. The first-order valence-corrected chi connectivity index (χ1v) is 18.7. The molecule has 0 bridgehead atoms. The first kappa shape index (κ1) is 39.1. The third-order valence-corrected chi connectivity index (χ3v) is 11.4. The van der Waals surface area contributed by atoms with Gasteiger partial charge in [0.1, 0.15) is 25.4 Å². The summed E-state index contributed by atoms with van der Waals surface area (Å²) in [5, 5.41) is 0. The van der Waals surface area contributed by atoms with Gasteiger partial charge in [-0.2, -0.15) is 0 Å². The molecule has 1 heterocycles. The second-order valence-corrected chi connectivity index (χ2v) is 15.1. The van der Waals surface area contributed by atoms with Crippen LogP contribution in [-0.2, 0) is 65.4 Å². The molecule has 4 aliphatic rings. The molecule has 3 fully saturated rings. The van der Waals surface area contributed by atoms with Crippen LogP contribution in [-0.4, -0.2) is 73.3 Å². The van der Waals surface area contributed by atoms with E-state index in [1.165, 1.54) is 34.6 Å². The number of benzene rings is 2. The predicted octanol–water partition coefficient (Wildman–Crippen LogP) is 5.52. The Morgan fingerprint density at radius 2 is 1.41 bits per heavy atom. The van der Waals surface area contributed by atoms with E-state index in [0.29, 0.717) is 23.3 Å². The highest BCUT2D eigenvalue weighted by Gasteiger charge is 2.57. The maximum Gasteiger partial charge on any atom is 0.303 e. The van der Waals surface area contributed by atoms with Crippen LogP contribution >= 0.6 is 0 Å². The molecular formula is C41H50O13. The van der Waals surface area contributed by atoms with E-state index in [2.05, 4.69) is 6.92 Å². The Morgan fingerprint density at radius 1 is 0.741 bits per heavy atom. The third kappa shape index (κ3) is 8.51. The summed E-state index contributed by atoms with van der Waals surface area (Å²) < 4.78 is 47.4. The molecule has 10 atom stereocenters. The van der Waals surface area contributed by atoms with Crippen molar-refractivity contribution in [3.63, 3.8) is 0 Å². The Balaban J connectivity index is 1.38. The van der Waals surface area contributed by atoms with Crippen LogP contribution in [0.4, 0.5) is 0 Å². The molecule has 0 radical (unpaired) electrons. The Bertz CT molecular complexity index is 1720. The maximum atomic E-state index is 12.5. The van der Waals surface area contributed by atoms with Gasteiger partial charge in [-0.1, -0.05) is 37.3 Å². The Labute approximate surface area is 315 Å². The second kappa shape index (κ2) is 16.4. The summed E-state index contributed by atoms with van der Waals surface area (Å²) in [4.78, 5) is 61.1. The number of hydrogen-bond acceptors (Lipinski definition) is 13. The van der Waals surface area contributed by atoms with Crippen LogP contribution in [0.5, 0.6) is 11.5 Å². The fraction of sp³-hybridized carbons (Fsp3) is 0.585. The van der Waals surface area contributed by atoms with Gasteiger partial charge in [-0.05, 0) is 85.1 Å². The number of carbonyl (C=O) groups is 5. The van der Waals surface area contributed by atoms with Crippen LogP contribution in [0, 0.1) is 17.3 Å². The molecule has 0 amide bonds. The van der Waals surface area contributed by atoms with Crippen LogP contribution in [0.3, 0.4) is 0 Å². The highest BCUT2D eigenvalue weighted by atomic mass is 16.7. The molecule has 0 spiro atoms. The standard InChI is InChI=1S/C41H50O13/c1-22(42)47-21-35-37(50-24(3)44)38(51-25(4)45)39(52-26(5)46)40(54-35)53-34-19-31-28(18-33(34)48-20-27-10-8-7-9-11-27)12-13-30-29(31)16-17-41(6)32(30)14-15-36(41)49-23(2)43/h7-11,18-19,29-30,32,35-40H,12-17,20-21H2,1-6H3/t29?,30?,32?,35-,36+,37-,38+,39-,40-,41+/m1/s1. The van der Waals surface area contributed by atoms with Crippen LogP contribution in [0.25, 0.3) is 0 Å². The van der Waals surface area contributed by atoms with Gasteiger partial charge in [0.15, 0.2) is 23.7 Å². The summed E-state index contributed by atoms with van der Waals surface area (Å²) in [5.74, 6) is -1.34. The fourth-order valence-corrected chi connectivity index (χ4v) is 9.27. The minimum absolute atomic E-state index is 0.0995. The summed E-state index contributed by atoms with van der Waals surface area (Å²) in [5.41, 5.74) is 3.10. The lowest BCUT2D eigenvalue weighted by molar-refractivity contribution is -0.288. The minimum Gasteiger partial charge on any atom is -0.485 e. The first-order chi connectivity index (χ1) is 25.7. The third-order valence-electron chi connectivity index (χ3n) is 11.4. The average molecular weight is 751 g/mol. The van der Waals surface area contributed by atoms with Gasteiger partial charge in [0.05, 0.1) is 0 Å². The normalized spacial score (nSPS) is 31.0. The van der Waals surface area contributed by atoms with E-state index < -0.39 is 54.6 Å². The molecule has 54 heavy (non-hydrogen) atoms. The van der Waals surface area contributed by atoms with E-state index in [4.69, 9.17) is 37.9 Å². The largest absolute Gasteiger partial charge is 0.485 e. The Morgan fingerprint density at radius 3 is 2.07 bits per heavy atom. The average Bonchev–Trinajstić information content (AvgIpc) is 3.43. The molecule has 0 aromatic heterocycles. The Kier molecular flexibility index (Phi) is 11.8. The van der Waals surface area contributed by atoms with Crippen LogP contribution < -0.4 is 9.47 Å². The highest BCUT2D eigenvalue weighted by Crippen LogP contribution is 2.62. The zero-order valence-corrected chi connectivity index (χ0v) is 31.7. The Hall–Kier alpha value is -4.65. The van der Waals surface area contributed by atoms with Gasteiger partial charge < -0.3 is 37.9 Å². The smallest absolute Gasteiger partial charge is 0.303 e. The van der Waals surface area contributed by atoms with Gasteiger partial charge in [0.25, 0.3) is 0 Å². The highest BCUT2D eigenvalue weighted by molar-refractivity contribution is 5.69. The fourth-order valence-electron chi connectivity index (χ4n) is 9.27. The van der Waals surface area contributed by atoms with Crippen LogP contribution in [0.15, 0.2) is 42.5 Å². The van der Waals surface area contributed by atoms with Crippen molar-refractivity contribution in [3.8, 4) is 11.5 Å². The van der Waals surface area contributed by atoms with Gasteiger partial charge in [-0.15, -0.1) is 0 Å². The van der Waals surface area contributed by atoms with Crippen molar-refractivity contribution in [1.29, 1.82) is 0 Å². The molecule has 13 heteroatoms. The van der Waals surface area contributed by atoms with Crippen molar-refractivity contribution >= 4 is 29.8 Å². The summed E-state index contributed by atoms with van der Waals surface area (Å²) in [6.45, 7) is 8.35. The van der Waals surface area contributed by atoms with Gasteiger partial charge in [-0.25, -0.2) is 0 Å². The monoisotopic (exact) mass is 750 g/mol. The summed E-state index contributed by atoms with van der Waals surface area (Å²) in [6.07, 6.45) is -1.35. The predicted molar refractivity (Wildman–Crippen MR) is 190 cm³/mol. The van der Waals surface area contributed by atoms with Gasteiger partial charge in [0, 0.05) is 40.0 Å². The van der Waals surface area contributed by atoms with E-state index in [-0.39, 0.29) is 36.6 Å². The van der Waals surface area contributed by atoms with Crippen molar-refractivity contribution in [2.45, 2.75) is 129 Å². The quantitative estimate of drug-likeness (QED) is 0.209. The molecule has 2 aromatic carbocycles. The summed E-state index contributed by atoms with van der Waals surface area (Å²) in [7, 11) is 0. The topological polar surface area (TPSA) is 159 Å². The number of hydrogen-bond donors (Lipinski definition) is 0. The van der Waals surface area contributed by atoms with Crippen molar-refractivity contribution in [2.75, 3.05) is 6.61 Å². The van der Waals surface area contributed by atoms with Crippen molar-refractivity contribution in [3.05, 3.63) is 59.2 Å². The molecule has 1 saturated heterocycles. The number of aryl methyl sites for hydroxylation is 1. The maximum absolute atomic E-state index is 12.5. The number of carbonyl (C=O) groups excluding carboxylic acids is 5. The number of fused-ring (bicyclic) bond motifs is 5. The lowest BCUT2D eigenvalue weighted by atomic mass is 9.55. The molecule has 3 unspecified atom stereocenters. The van der Waals surface area contributed by atoms with E-state index in [1.54, 1.807) is 0 Å². The summed E-state index contributed by atoms with van der Waals surface area (Å²) in [6, 6.07) is 13.6. The van der Waals surface area contributed by atoms with Gasteiger partial charge in [0.2, 0.25) is 12.4 Å². The van der Waals surface area contributed by atoms with Crippen molar-refractivity contribution in [1.82, 2.24) is 0 Å². The second-order valence-electron chi connectivity index (χ2n) is 15.1.